The summed E-state index contributed by atoms with van der Waals surface area (Å²) in [4.78, 5) is 12.0. The van der Waals surface area contributed by atoms with Crippen molar-refractivity contribution in [2.24, 2.45) is 0 Å². The van der Waals surface area contributed by atoms with Gasteiger partial charge < -0.3 is 14.6 Å². The Morgan fingerprint density at radius 3 is 2.76 bits per heavy atom. The topological polar surface area (TPSA) is 64.4 Å². The second-order valence-corrected chi connectivity index (χ2v) is 4.56. The first-order valence-corrected chi connectivity index (χ1v) is 6.73. The monoisotopic (exact) mass is 292 g/mol. The molecule has 6 heteroatoms. The first kappa shape index (κ1) is 15.0. The number of halogens is 1. The molecule has 0 spiro atoms. The van der Waals surface area contributed by atoms with Crippen molar-refractivity contribution in [1.82, 2.24) is 10.5 Å². The maximum atomic E-state index is 12.8. The van der Waals surface area contributed by atoms with Gasteiger partial charge in [-0.3, -0.25) is 4.79 Å². The summed E-state index contributed by atoms with van der Waals surface area (Å²) >= 11 is 0. The van der Waals surface area contributed by atoms with Crippen LogP contribution in [0.3, 0.4) is 0 Å². The quantitative estimate of drug-likeness (QED) is 0.889. The molecule has 1 amide bonds. The fraction of sp³-hybridized carbons (Fsp3) is 0.333. The van der Waals surface area contributed by atoms with E-state index in [1.54, 1.807) is 6.92 Å². The molecule has 0 aliphatic carbocycles. The van der Waals surface area contributed by atoms with Crippen LogP contribution in [-0.2, 0) is 6.61 Å². The molecule has 21 heavy (non-hydrogen) atoms. The van der Waals surface area contributed by atoms with Crippen molar-refractivity contribution in [3.05, 3.63) is 47.1 Å². The van der Waals surface area contributed by atoms with Crippen LogP contribution < -0.4 is 10.1 Å². The van der Waals surface area contributed by atoms with Crippen LogP contribution in [0.1, 0.15) is 35.2 Å². The van der Waals surface area contributed by atoms with Gasteiger partial charge >= 0.3 is 0 Å². The number of aryl methyl sites for hydroxylation is 1. The van der Waals surface area contributed by atoms with Crippen molar-refractivity contribution in [3.8, 4) is 5.75 Å². The van der Waals surface area contributed by atoms with Crippen LogP contribution in [-0.4, -0.2) is 17.6 Å². The molecule has 0 unspecified atom stereocenters. The van der Waals surface area contributed by atoms with Crippen LogP contribution in [0.15, 0.2) is 28.8 Å². The average Bonchev–Trinajstić information content (AvgIpc) is 2.85. The van der Waals surface area contributed by atoms with Gasteiger partial charge in [-0.25, -0.2) is 4.39 Å². The standard InChI is InChI=1S/C15H17FN2O3/c1-3-8-17-15(19)14-13(10(2)21-18-14)9-20-12-6-4-11(16)5-7-12/h4-7H,3,8-9H2,1-2H3,(H,17,19). The summed E-state index contributed by atoms with van der Waals surface area (Å²) in [6.45, 7) is 4.39. The third kappa shape index (κ3) is 3.81. The van der Waals surface area contributed by atoms with Gasteiger partial charge in [0.05, 0.1) is 5.56 Å². The van der Waals surface area contributed by atoms with Gasteiger partial charge in [-0.1, -0.05) is 12.1 Å². The molecule has 2 aromatic rings. The Morgan fingerprint density at radius 1 is 1.38 bits per heavy atom. The third-order valence-electron chi connectivity index (χ3n) is 2.93. The summed E-state index contributed by atoms with van der Waals surface area (Å²) in [6.07, 6.45) is 0.837. The van der Waals surface area contributed by atoms with Gasteiger partial charge in [0.1, 0.15) is 23.9 Å². The van der Waals surface area contributed by atoms with E-state index < -0.39 is 0 Å². The van der Waals surface area contributed by atoms with Gasteiger partial charge in [-0.05, 0) is 37.6 Å². The number of carbonyl (C=O) groups is 1. The van der Waals surface area contributed by atoms with Gasteiger partial charge in [-0.2, -0.15) is 0 Å². The highest BCUT2D eigenvalue weighted by molar-refractivity contribution is 5.93. The molecule has 0 aliphatic heterocycles. The van der Waals surface area contributed by atoms with Crippen LogP contribution in [0.2, 0.25) is 0 Å². The lowest BCUT2D eigenvalue weighted by molar-refractivity contribution is 0.0942. The van der Waals surface area contributed by atoms with E-state index in [-0.39, 0.29) is 24.0 Å². The summed E-state index contributed by atoms with van der Waals surface area (Å²) < 4.78 is 23.4. The molecular weight excluding hydrogens is 275 g/mol. The highest BCUT2D eigenvalue weighted by Crippen LogP contribution is 2.18. The number of amides is 1. The van der Waals surface area contributed by atoms with E-state index in [0.29, 0.717) is 23.6 Å². The zero-order chi connectivity index (χ0) is 15.2. The summed E-state index contributed by atoms with van der Waals surface area (Å²) in [7, 11) is 0. The number of nitrogens with one attached hydrogen (secondary N) is 1. The Kier molecular flexibility index (Phi) is 4.92. The van der Waals surface area contributed by atoms with Crippen molar-refractivity contribution in [2.45, 2.75) is 26.9 Å². The molecule has 1 heterocycles. The molecule has 0 saturated carbocycles. The summed E-state index contributed by atoms with van der Waals surface area (Å²) in [5.41, 5.74) is 0.816. The lowest BCUT2D eigenvalue weighted by Gasteiger charge is -2.07. The SMILES string of the molecule is CCCNC(=O)c1noc(C)c1COc1ccc(F)cc1. The number of nitrogens with zero attached hydrogens (tertiary/aromatic N) is 1. The van der Waals surface area contributed by atoms with E-state index >= 15 is 0 Å². The molecule has 0 saturated heterocycles. The van der Waals surface area contributed by atoms with Crippen LogP contribution in [0.4, 0.5) is 4.39 Å². The Morgan fingerprint density at radius 2 is 2.10 bits per heavy atom. The van der Waals surface area contributed by atoms with Gasteiger partial charge in [0, 0.05) is 6.54 Å². The van der Waals surface area contributed by atoms with E-state index in [4.69, 9.17) is 9.26 Å². The Labute approximate surface area is 122 Å². The minimum Gasteiger partial charge on any atom is -0.489 e. The molecule has 0 aliphatic rings. The van der Waals surface area contributed by atoms with E-state index in [1.807, 2.05) is 6.92 Å². The van der Waals surface area contributed by atoms with Gasteiger partial charge in [0.25, 0.3) is 5.91 Å². The minimum absolute atomic E-state index is 0.135. The maximum absolute atomic E-state index is 12.8. The summed E-state index contributed by atoms with van der Waals surface area (Å²) in [6, 6.07) is 5.67. The molecule has 1 N–H and O–H groups in total. The van der Waals surface area contributed by atoms with Gasteiger partial charge in [-0.15, -0.1) is 0 Å². The molecule has 5 nitrogen and oxygen atoms in total. The zero-order valence-electron chi connectivity index (χ0n) is 12.0. The van der Waals surface area contributed by atoms with Gasteiger partial charge in [0.2, 0.25) is 0 Å². The van der Waals surface area contributed by atoms with E-state index in [2.05, 4.69) is 10.5 Å². The number of hydrogen-bond donors (Lipinski definition) is 1. The Bertz CT molecular complexity index is 608. The fourth-order valence-electron chi connectivity index (χ4n) is 1.75. The van der Waals surface area contributed by atoms with Crippen LogP contribution in [0.5, 0.6) is 5.75 Å². The van der Waals surface area contributed by atoms with E-state index in [9.17, 15) is 9.18 Å². The van der Waals surface area contributed by atoms with Crippen molar-refractivity contribution in [3.63, 3.8) is 0 Å². The molecule has 0 bridgehead atoms. The van der Waals surface area contributed by atoms with Gasteiger partial charge in [0.15, 0.2) is 5.69 Å². The number of carbonyl (C=O) groups excluding carboxylic acids is 1. The highest BCUT2D eigenvalue weighted by atomic mass is 19.1. The van der Waals surface area contributed by atoms with Crippen LogP contribution in [0, 0.1) is 12.7 Å². The second kappa shape index (κ2) is 6.88. The van der Waals surface area contributed by atoms with E-state index in [1.165, 1.54) is 24.3 Å². The highest BCUT2D eigenvalue weighted by Gasteiger charge is 2.19. The Balaban J connectivity index is 2.07. The lowest BCUT2D eigenvalue weighted by Crippen LogP contribution is -2.25. The predicted octanol–water partition coefficient (Wildman–Crippen LogP) is 2.84. The van der Waals surface area contributed by atoms with Crippen molar-refractivity contribution in [2.75, 3.05) is 6.54 Å². The lowest BCUT2D eigenvalue weighted by atomic mass is 10.2. The molecule has 0 radical (unpaired) electrons. The summed E-state index contributed by atoms with van der Waals surface area (Å²) in [5.74, 6) is 0.422. The number of hydrogen-bond acceptors (Lipinski definition) is 4. The minimum atomic E-state index is -0.330. The molecule has 0 fully saturated rings. The zero-order valence-corrected chi connectivity index (χ0v) is 12.0. The number of benzene rings is 1. The smallest absolute Gasteiger partial charge is 0.273 e. The molecular formula is C15H17FN2O3. The molecule has 1 aromatic heterocycles. The summed E-state index contributed by atoms with van der Waals surface area (Å²) in [5, 5.41) is 6.51. The molecule has 0 atom stereocenters. The maximum Gasteiger partial charge on any atom is 0.273 e. The largest absolute Gasteiger partial charge is 0.489 e. The normalized spacial score (nSPS) is 10.4. The van der Waals surface area contributed by atoms with E-state index in [0.717, 1.165) is 6.42 Å². The Hall–Kier alpha value is -2.37. The fourth-order valence-corrected chi connectivity index (χ4v) is 1.75. The van der Waals surface area contributed by atoms with Crippen LogP contribution in [0.25, 0.3) is 0 Å². The van der Waals surface area contributed by atoms with Crippen molar-refractivity contribution < 1.29 is 18.4 Å². The predicted molar refractivity (Wildman–Crippen MR) is 74.6 cm³/mol. The van der Waals surface area contributed by atoms with Crippen LogP contribution >= 0.6 is 0 Å². The number of rotatable bonds is 6. The van der Waals surface area contributed by atoms with Crippen molar-refractivity contribution in [1.29, 1.82) is 0 Å². The number of aromatic nitrogens is 1. The average molecular weight is 292 g/mol. The van der Waals surface area contributed by atoms with Crippen molar-refractivity contribution >= 4 is 5.91 Å². The third-order valence-corrected chi connectivity index (χ3v) is 2.93. The number of ether oxygens (including phenoxy) is 1. The molecule has 1 aromatic carbocycles. The molecule has 2 rings (SSSR count). The first-order chi connectivity index (χ1) is 10.1. The molecule has 112 valence electrons. The second-order valence-electron chi connectivity index (χ2n) is 4.56. The first-order valence-electron chi connectivity index (χ1n) is 6.73.